The molecule has 142 valence electrons. The first-order chi connectivity index (χ1) is 13.1. The quantitative estimate of drug-likeness (QED) is 0.431. The number of benzene rings is 1. The summed E-state index contributed by atoms with van der Waals surface area (Å²) in [4.78, 5) is 12.7. The van der Waals surface area contributed by atoms with Crippen molar-refractivity contribution in [2.24, 2.45) is 0 Å². The molecule has 3 aromatic rings. The summed E-state index contributed by atoms with van der Waals surface area (Å²) < 4.78 is 7.33. The Morgan fingerprint density at radius 3 is 2.67 bits per heavy atom. The molecule has 1 aliphatic heterocycles. The van der Waals surface area contributed by atoms with Crippen LogP contribution in [0.15, 0.2) is 30.9 Å². The molecule has 1 aliphatic rings. The molecule has 0 amide bonds. The van der Waals surface area contributed by atoms with Gasteiger partial charge in [-0.25, -0.2) is 15.0 Å². The Morgan fingerprint density at radius 2 is 1.96 bits per heavy atom. The molecular weight excluding hydrogens is 354 g/mol. The number of hydrogen-bond acceptors (Lipinski definition) is 9. The van der Waals surface area contributed by atoms with Crippen LogP contribution in [-0.4, -0.2) is 58.8 Å². The molecule has 27 heavy (non-hydrogen) atoms. The molecule has 2 aromatic heterocycles. The standard InChI is InChI=1S/C17H19N5O5/c23-6-13-12(26)4-14(27-13)22-8-21-15-16(19-7-20-17(15)22)18-5-9-10(24)2-1-3-11(9)25/h1-3,7-8,12-14,23-26H,4-6H2,(H,18,19,20)/t12-,13+,14?/m0/s1. The minimum Gasteiger partial charge on any atom is -0.507 e. The van der Waals surface area contributed by atoms with Crippen LogP contribution in [-0.2, 0) is 11.3 Å². The van der Waals surface area contributed by atoms with E-state index in [-0.39, 0.29) is 24.7 Å². The van der Waals surface area contributed by atoms with Crippen LogP contribution in [0.2, 0.25) is 0 Å². The predicted molar refractivity (Wildman–Crippen MR) is 94.0 cm³/mol. The van der Waals surface area contributed by atoms with Crippen molar-refractivity contribution in [1.29, 1.82) is 0 Å². The first kappa shape index (κ1) is 17.5. The third-order valence-corrected chi connectivity index (χ3v) is 4.61. The van der Waals surface area contributed by atoms with Crippen LogP contribution in [0, 0.1) is 0 Å². The van der Waals surface area contributed by atoms with Gasteiger partial charge in [0.1, 0.15) is 30.2 Å². The van der Waals surface area contributed by atoms with E-state index in [0.29, 0.717) is 29.0 Å². The maximum atomic E-state index is 9.94. The highest BCUT2D eigenvalue weighted by atomic mass is 16.5. The fraction of sp³-hybridized carbons (Fsp3) is 0.353. The van der Waals surface area contributed by atoms with Gasteiger partial charge in [0.15, 0.2) is 17.0 Å². The molecule has 0 bridgehead atoms. The van der Waals surface area contributed by atoms with Crippen LogP contribution in [0.5, 0.6) is 11.5 Å². The summed E-state index contributed by atoms with van der Waals surface area (Å²) in [6, 6.07) is 4.52. The van der Waals surface area contributed by atoms with E-state index in [1.807, 2.05) is 0 Å². The van der Waals surface area contributed by atoms with E-state index in [1.165, 1.54) is 18.5 Å². The first-order valence-corrected chi connectivity index (χ1v) is 8.44. The SMILES string of the molecule is OC[C@H]1OC(n2cnc3c(NCc4c(O)cccc4O)ncnc32)C[C@@H]1O. The maximum Gasteiger partial charge on any atom is 0.167 e. The largest absolute Gasteiger partial charge is 0.507 e. The molecule has 0 aliphatic carbocycles. The second kappa shape index (κ2) is 6.99. The van der Waals surface area contributed by atoms with Crippen LogP contribution in [0.1, 0.15) is 18.2 Å². The zero-order chi connectivity index (χ0) is 19.0. The van der Waals surface area contributed by atoms with Gasteiger partial charge in [0.2, 0.25) is 0 Å². The van der Waals surface area contributed by atoms with Crippen molar-refractivity contribution in [3.05, 3.63) is 36.4 Å². The molecule has 3 atom stereocenters. The number of nitrogens with zero attached hydrogens (tertiary/aromatic N) is 4. The van der Waals surface area contributed by atoms with E-state index < -0.39 is 18.4 Å². The lowest BCUT2D eigenvalue weighted by atomic mass is 10.2. The molecule has 10 heteroatoms. The summed E-state index contributed by atoms with van der Waals surface area (Å²) in [5.41, 5.74) is 1.33. The topological polar surface area (TPSA) is 146 Å². The van der Waals surface area contributed by atoms with Gasteiger partial charge in [-0.05, 0) is 12.1 Å². The third kappa shape index (κ3) is 3.14. The monoisotopic (exact) mass is 373 g/mol. The second-order valence-corrected chi connectivity index (χ2v) is 6.29. The van der Waals surface area contributed by atoms with Crippen molar-refractivity contribution >= 4 is 17.0 Å². The number of imidazole rings is 1. The van der Waals surface area contributed by atoms with E-state index >= 15 is 0 Å². The number of aromatic nitrogens is 4. The number of aromatic hydroxyl groups is 2. The van der Waals surface area contributed by atoms with Gasteiger partial charge in [-0.1, -0.05) is 6.07 Å². The average Bonchev–Trinajstić information content (AvgIpc) is 3.24. The Balaban J connectivity index is 1.60. The number of phenols is 2. The van der Waals surface area contributed by atoms with Crippen molar-refractivity contribution in [2.75, 3.05) is 11.9 Å². The van der Waals surface area contributed by atoms with Gasteiger partial charge in [-0.3, -0.25) is 4.57 Å². The van der Waals surface area contributed by atoms with Crippen molar-refractivity contribution in [3.8, 4) is 11.5 Å². The summed E-state index contributed by atoms with van der Waals surface area (Å²) in [6.45, 7) is -0.126. The Hall–Kier alpha value is -2.95. The van der Waals surface area contributed by atoms with Gasteiger partial charge in [0, 0.05) is 13.0 Å². The van der Waals surface area contributed by atoms with Crippen LogP contribution in [0.25, 0.3) is 11.2 Å². The molecule has 0 spiro atoms. The maximum absolute atomic E-state index is 9.94. The summed E-state index contributed by atoms with van der Waals surface area (Å²) in [5.74, 6) is 0.377. The Morgan fingerprint density at radius 1 is 1.19 bits per heavy atom. The number of aliphatic hydroxyl groups is 2. The number of phenolic OH excluding ortho intramolecular Hbond substituents is 2. The average molecular weight is 373 g/mol. The van der Waals surface area contributed by atoms with Crippen LogP contribution >= 0.6 is 0 Å². The number of nitrogens with one attached hydrogen (secondary N) is 1. The zero-order valence-corrected chi connectivity index (χ0v) is 14.2. The summed E-state index contributed by atoms with van der Waals surface area (Å²) in [5, 5.41) is 42.0. The summed E-state index contributed by atoms with van der Waals surface area (Å²) >= 11 is 0. The smallest absolute Gasteiger partial charge is 0.167 e. The Bertz CT molecular complexity index is 942. The van der Waals surface area contributed by atoms with Gasteiger partial charge in [0.25, 0.3) is 0 Å². The highest BCUT2D eigenvalue weighted by molar-refractivity contribution is 5.82. The predicted octanol–water partition coefficient (Wildman–Crippen LogP) is 0.490. The van der Waals surface area contributed by atoms with Crippen molar-refractivity contribution in [3.63, 3.8) is 0 Å². The molecule has 0 saturated carbocycles. The molecule has 10 nitrogen and oxygen atoms in total. The Kier molecular flexibility index (Phi) is 4.52. The van der Waals surface area contributed by atoms with Gasteiger partial charge in [0.05, 0.1) is 24.6 Å². The summed E-state index contributed by atoms with van der Waals surface area (Å²) in [6.07, 6.45) is 1.32. The molecule has 0 radical (unpaired) electrons. The van der Waals surface area contributed by atoms with Crippen LogP contribution in [0.3, 0.4) is 0 Å². The molecule has 1 unspecified atom stereocenters. The number of aliphatic hydroxyl groups excluding tert-OH is 2. The van der Waals surface area contributed by atoms with Crippen LogP contribution < -0.4 is 5.32 Å². The number of rotatable bonds is 5. The highest BCUT2D eigenvalue weighted by Crippen LogP contribution is 2.32. The van der Waals surface area contributed by atoms with Gasteiger partial charge < -0.3 is 30.5 Å². The van der Waals surface area contributed by atoms with Crippen LogP contribution in [0.4, 0.5) is 5.82 Å². The van der Waals surface area contributed by atoms with E-state index in [4.69, 9.17) is 4.74 Å². The minimum atomic E-state index is -0.763. The molecule has 3 heterocycles. The molecule has 1 saturated heterocycles. The molecular formula is C17H19N5O5. The lowest BCUT2D eigenvalue weighted by Gasteiger charge is -2.14. The second-order valence-electron chi connectivity index (χ2n) is 6.29. The summed E-state index contributed by atoms with van der Waals surface area (Å²) in [7, 11) is 0. The molecule has 1 fully saturated rings. The van der Waals surface area contributed by atoms with E-state index in [1.54, 1.807) is 17.0 Å². The molecule has 4 rings (SSSR count). The minimum absolute atomic E-state index is 0.0262. The number of anilines is 1. The highest BCUT2D eigenvalue weighted by Gasteiger charge is 2.35. The normalized spacial score (nSPS) is 22.4. The van der Waals surface area contributed by atoms with Gasteiger partial charge >= 0.3 is 0 Å². The first-order valence-electron chi connectivity index (χ1n) is 8.44. The van der Waals surface area contributed by atoms with Crippen molar-refractivity contribution in [1.82, 2.24) is 19.5 Å². The van der Waals surface area contributed by atoms with Crippen molar-refractivity contribution < 1.29 is 25.2 Å². The third-order valence-electron chi connectivity index (χ3n) is 4.61. The lowest BCUT2D eigenvalue weighted by Crippen LogP contribution is -2.24. The lowest BCUT2D eigenvalue weighted by molar-refractivity contribution is -0.0432. The molecule has 5 N–H and O–H groups in total. The fourth-order valence-electron chi connectivity index (χ4n) is 3.16. The van der Waals surface area contributed by atoms with Gasteiger partial charge in [-0.2, -0.15) is 0 Å². The van der Waals surface area contributed by atoms with Crippen molar-refractivity contribution in [2.45, 2.75) is 31.4 Å². The molecule has 1 aromatic carbocycles. The Labute approximate surface area is 153 Å². The fourth-order valence-corrected chi connectivity index (χ4v) is 3.16. The number of hydrogen-bond donors (Lipinski definition) is 5. The number of fused-ring (bicyclic) bond motifs is 1. The van der Waals surface area contributed by atoms with E-state index in [2.05, 4.69) is 20.3 Å². The van der Waals surface area contributed by atoms with Gasteiger partial charge in [-0.15, -0.1) is 0 Å². The zero-order valence-electron chi connectivity index (χ0n) is 14.2. The van der Waals surface area contributed by atoms with E-state index in [9.17, 15) is 20.4 Å². The number of ether oxygens (including phenoxy) is 1. The van der Waals surface area contributed by atoms with E-state index in [0.717, 1.165) is 0 Å².